The van der Waals surface area contributed by atoms with E-state index < -0.39 is 68.0 Å². The zero-order chi connectivity index (χ0) is 22.3. The summed E-state index contributed by atoms with van der Waals surface area (Å²) in [5.41, 5.74) is 0. The predicted octanol–water partition coefficient (Wildman–Crippen LogP) is -0.985. The maximum Gasteiger partial charge on any atom is 0.187 e. The van der Waals surface area contributed by atoms with E-state index in [9.17, 15) is 30.6 Å². The van der Waals surface area contributed by atoms with Gasteiger partial charge in [-0.15, -0.1) is 0 Å². The molecule has 0 aromatic carbocycles. The molecule has 30 heavy (non-hydrogen) atoms. The molecule has 2 fully saturated rings. The van der Waals surface area contributed by atoms with Crippen LogP contribution in [0, 0.1) is 0 Å². The van der Waals surface area contributed by atoms with Gasteiger partial charge in [0.15, 0.2) is 12.6 Å². The largest absolute Gasteiger partial charge is 0.394 e. The summed E-state index contributed by atoms with van der Waals surface area (Å²) in [5, 5.41) is 60.5. The Morgan fingerprint density at radius 2 is 1.40 bits per heavy atom. The topological polar surface area (TPSA) is 158 Å². The summed E-state index contributed by atoms with van der Waals surface area (Å²) in [5.74, 6) is 0. The summed E-state index contributed by atoms with van der Waals surface area (Å²) in [6.07, 6.45) is -6.62. The summed E-state index contributed by atoms with van der Waals surface area (Å²) < 4.78 is 22.0. The number of rotatable bonds is 11. The van der Waals surface area contributed by atoms with E-state index in [2.05, 4.69) is 6.92 Å². The van der Waals surface area contributed by atoms with E-state index in [0.717, 1.165) is 25.7 Å². The Labute approximate surface area is 177 Å². The molecule has 0 aromatic rings. The smallest absolute Gasteiger partial charge is 0.187 e. The Morgan fingerprint density at radius 1 is 0.733 bits per heavy atom. The zero-order valence-electron chi connectivity index (χ0n) is 17.7. The van der Waals surface area contributed by atoms with E-state index in [1.807, 2.05) is 0 Å². The van der Waals surface area contributed by atoms with Gasteiger partial charge in [0.05, 0.1) is 12.7 Å². The van der Waals surface area contributed by atoms with E-state index in [0.29, 0.717) is 6.61 Å². The Morgan fingerprint density at radius 3 is 2.07 bits per heavy atom. The molecule has 10 atom stereocenters. The zero-order valence-corrected chi connectivity index (χ0v) is 17.7. The third-order valence-corrected chi connectivity index (χ3v) is 5.70. The van der Waals surface area contributed by atoms with Crippen LogP contribution in [-0.2, 0) is 18.9 Å². The van der Waals surface area contributed by atoms with Crippen molar-refractivity contribution < 1.29 is 49.6 Å². The second-order valence-electron chi connectivity index (χ2n) is 8.13. The first-order valence-corrected chi connectivity index (χ1v) is 10.9. The van der Waals surface area contributed by atoms with Crippen LogP contribution in [0.5, 0.6) is 0 Å². The molecule has 2 rings (SSSR count). The molecule has 2 heterocycles. The number of ether oxygens (including phenoxy) is 4. The molecular formula is C20H38O10. The van der Waals surface area contributed by atoms with Gasteiger partial charge in [0.2, 0.25) is 0 Å². The average Bonchev–Trinajstić information content (AvgIpc) is 2.73. The molecule has 0 saturated carbocycles. The van der Waals surface area contributed by atoms with Gasteiger partial charge in [-0.3, -0.25) is 0 Å². The maximum atomic E-state index is 10.6. The van der Waals surface area contributed by atoms with Crippen LogP contribution >= 0.6 is 0 Å². The fourth-order valence-corrected chi connectivity index (χ4v) is 3.71. The van der Waals surface area contributed by atoms with Crippen LogP contribution in [0.1, 0.15) is 52.4 Å². The van der Waals surface area contributed by atoms with Crippen molar-refractivity contribution in [3.63, 3.8) is 0 Å². The molecule has 0 unspecified atom stereocenters. The van der Waals surface area contributed by atoms with Crippen LogP contribution in [0.3, 0.4) is 0 Å². The van der Waals surface area contributed by atoms with Crippen LogP contribution in [0.4, 0.5) is 0 Å². The normalized spacial score (nSPS) is 42.4. The number of aliphatic hydroxyl groups is 6. The third-order valence-electron chi connectivity index (χ3n) is 5.70. The van der Waals surface area contributed by atoms with Gasteiger partial charge in [0, 0.05) is 6.61 Å². The minimum Gasteiger partial charge on any atom is -0.394 e. The van der Waals surface area contributed by atoms with Gasteiger partial charge in [0.1, 0.15) is 42.7 Å². The number of hydrogen-bond donors (Lipinski definition) is 6. The second kappa shape index (κ2) is 12.6. The Balaban J connectivity index is 1.93. The molecule has 6 N–H and O–H groups in total. The molecule has 178 valence electrons. The van der Waals surface area contributed by atoms with E-state index in [4.69, 9.17) is 18.9 Å². The molecule has 0 aromatic heterocycles. The van der Waals surface area contributed by atoms with Crippen molar-refractivity contribution in [1.82, 2.24) is 0 Å². The Kier molecular flexibility index (Phi) is 10.9. The lowest BCUT2D eigenvalue weighted by molar-refractivity contribution is -0.357. The van der Waals surface area contributed by atoms with E-state index in [-0.39, 0.29) is 0 Å². The number of hydrogen-bond acceptors (Lipinski definition) is 10. The van der Waals surface area contributed by atoms with Crippen molar-refractivity contribution in [3.05, 3.63) is 0 Å². The molecule has 2 saturated heterocycles. The number of aliphatic hydroxyl groups excluding tert-OH is 6. The lowest BCUT2D eigenvalue weighted by Gasteiger charge is -2.45. The van der Waals surface area contributed by atoms with Gasteiger partial charge in [-0.2, -0.15) is 0 Å². The second-order valence-corrected chi connectivity index (χ2v) is 8.13. The molecule has 0 radical (unpaired) electrons. The highest BCUT2D eigenvalue weighted by Crippen LogP contribution is 2.29. The molecule has 10 heteroatoms. The Bertz CT molecular complexity index is 481. The highest BCUT2D eigenvalue weighted by Gasteiger charge is 2.50. The van der Waals surface area contributed by atoms with Crippen molar-refractivity contribution in [2.24, 2.45) is 0 Å². The van der Waals surface area contributed by atoms with Crippen LogP contribution in [0.2, 0.25) is 0 Å². The van der Waals surface area contributed by atoms with E-state index in [1.54, 1.807) is 0 Å². The van der Waals surface area contributed by atoms with Gasteiger partial charge in [-0.05, 0) is 13.3 Å². The summed E-state index contributed by atoms with van der Waals surface area (Å²) in [6.45, 7) is 3.45. The van der Waals surface area contributed by atoms with Crippen LogP contribution in [-0.4, -0.2) is 105 Å². The maximum absolute atomic E-state index is 10.6. The predicted molar refractivity (Wildman–Crippen MR) is 104 cm³/mol. The summed E-state index contributed by atoms with van der Waals surface area (Å²) >= 11 is 0. The summed E-state index contributed by atoms with van der Waals surface area (Å²) in [7, 11) is 0. The highest BCUT2D eigenvalue weighted by atomic mass is 16.7. The quantitative estimate of drug-likeness (QED) is 0.221. The van der Waals surface area contributed by atoms with Gasteiger partial charge in [-0.25, -0.2) is 0 Å². The first-order chi connectivity index (χ1) is 14.3. The molecule has 2 aliphatic heterocycles. The van der Waals surface area contributed by atoms with Crippen molar-refractivity contribution >= 4 is 0 Å². The van der Waals surface area contributed by atoms with Crippen molar-refractivity contribution in [1.29, 1.82) is 0 Å². The molecule has 0 amide bonds. The van der Waals surface area contributed by atoms with E-state index in [1.165, 1.54) is 19.8 Å². The highest BCUT2D eigenvalue weighted by molar-refractivity contribution is 4.93. The fourth-order valence-electron chi connectivity index (χ4n) is 3.71. The van der Waals surface area contributed by atoms with Crippen LogP contribution in [0.25, 0.3) is 0 Å². The first kappa shape index (κ1) is 25.9. The van der Waals surface area contributed by atoms with Crippen molar-refractivity contribution in [2.45, 2.75) is 114 Å². The molecule has 0 aliphatic carbocycles. The fraction of sp³-hybridized carbons (Fsp3) is 1.00. The van der Waals surface area contributed by atoms with Crippen LogP contribution in [0.15, 0.2) is 0 Å². The minimum atomic E-state index is -1.59. The Hall–Kier alpha value is -0.400. The van der Waals surface area contributed by atoms with Crippen molar-refractivity contribution in [2.75, 3.05) is 13.2 Å². The SMILES string of the molecule is CCCCCCCCO[C@H]1O[C@H](CO)[C@H](O)[C@H](O[C@@H]2O[C@@H](C)[C@@H](O)[C@@H](O)[C@@H]2O)[C@H]1O. The monoisotopic (exact) mass is 438 g/mol. The standard InChI is InChI=1S/C20H38O10/c1-3-4-5-6-7-8-9-27-19-17(26)18(14(23)12(10-21)29-19)30-20-16(25)15(24)13(22)11(2)28-20/h11-26H,3-10H2,1-2H3/t11-,12+,13+,14-,15+,16-,17+,18-,19-,20-/m0/s1. The van der Waals surface area contributed by atoms with Gasteiger partial charge in [0.25, 0.3) is 0 Å². The molecule has 0 spiro atoms. The molecule has 2 aliphatic rings. The van der Waals surface area contributed by atoms with E-state index >= 15 is 0 Å². The molecule has 10 nitrogen and oxygen atoms in total. The first-order valence-electron chi connectivity index (χ1n) is 10.9. The lowest BCUT2D eigenvalue weighted by Crippen LogP contribution is -2.64. The summed E-state index contributed by atoms with van der Waals surface area (Å²) in [6, 6.07) is 0. The van der Waals surface area contributed by atoms with Gasteiger partial charge in [-0.1, -0.05) is 39.0 Å². The van der Waals surface area contributed by atoms with Gasteiger partial charge >= 0.3 is 0 Å². The lowest BCUT2D eigenvalue weighted by atomic mass is 9.97. The average molecular weight is 439 g/mol. The molecular weight excluding hydrogens is 400 g/mol. The molecule has 0 bridgehead atoms. The third kappa shape index (κ3) is 6.55. The number of unbranched alkanes of at least 4 members (excludes halogenated alkanes) is 5. The van der Waals surface area contributed by atoms with Crippen molar-refractivity contribution in [3.8, 4) is 0 Å². The summed E-state index contributed by atoms with van der Waals surface area (Å²) in [4.78, 5) is 0. The van der Waals surface area contributed by atoms with Crippen LogP contribution < -0.4 is 0 Å². The minimum absolute atomic E-state index is 0.333. The van der Waals surface area contributed by atoms with Gasteiger partial charge < -0.3 is 49.6 Å².